The van der Waals surface area contributed by atoms with Crippen molar-refractivity contribution in [2.75, 3.05) is 5.32 Å². The maximum Gasteiger partial charge on any atom is 0.302 e. The van der Waals surface area contributed by atoms with Crippen LogP contribution in [0.1, 0.15) is 32.1 Å². The van der Waals surface area contributed by atoms with E-state index >= 15 is 0 Å². The molecule has 27 heavy (non-hydrogen) atoms. The van der Waals surface area contributed by atoms with Gasteiger partial charge in [-0.15, -0.1) is 4.09 Å². The number of anilines is 1. The molecule has 2 aromatic rings. The van der Waals surface area contributed by atoms with Crippen molar-refractivity contribution in [1.29, 1.82) is 0 Å². The molecule has 0 saturated heterocycles. The molecule has 0 atom stereocenters. The zero-order valence-corrected chi connectivity index (χ0v) is 15.7. The number of nitrogens with zero attached hydrogens (tertiary/aromatic N) is 3. The number of nitrogens with one attached hydrogen (secondary N) is 1. The SMILES string of the molecule is O=c1c(Cl)c(NC2CCCCC2)cnn1S(=O)(=O)c1ccccc1[N+](=O)[O-]. The van der Waals surface area contributed by atoms with E-state index in [1.165, 1.54) is 12.1 Å². The largest absolute Gasteiger partial charge is 0.380 e. The molecule has 1 saturated carbocycles. The Balaban J connectivity index is 2.01. The van der Waals surface area contributed by atoms with Crippen LogP contribution >= 0.6 is 11.6 Å². The number of aromatic nitrogens is 2. The van der Waals surface area contributed by atoms with Gasteiger partial charge in [0.15, 0.2) is 4.90 Å². The highest BCUT2D eigenvalue weighted by atomic mass is 35.5. The Morgan fingerprint density at radius 3 is 2.56 bits per heavy atom. The zero-order chi connectivity index (χ0) is 19.6. The summed E-state index contributed by atoms with van der Waals surface area (Å²) in [6.45, 7) is 0. The van der Waals surface area contributed by atoms with Gasteiger partial charge in [0.05, 0.1) is 16.8 Å². The van der Waals surface area contributed by atoms with Gasteiger partial charge in [-0.3, -0.25) is 14.9 Å². The van der Waals surface area contributed by atoms with Gasteiger partial charge in [0.1, 0.15) is 5.02 Å². The second kappa shape index (κ2) is 7.65. The van der Waals surface area contributed by atoms with E-state index in [1.54, 1.807) is 0 Å². The number of halogens is 1. The topological polar surface area (TPSA) is 124 Å². The lowest BCUT2D eigenvalue weighted by Gasteiger charge is -2.24. The van der Waals surface area contributed by atoms with Gasteiger partial charge < -0.3 is 5.32 Å². The van der Waals surface area contributed by atoms with E-state index in [0.717, 1.165) is 50.4 Å². The lowest BCUT2D eigenvalue weighted by molar-refractivity contribution is -0.387. The maximum atomic E-state index is 12.8. The van der Waals surface area contributed by atoms with Gasteiger partial charge in [0, 0.05) is 12.1 Å². The molecule has 0 bridgehead atoms. The smallest absolute Gasteiger partial charge is 0.302 e. The molecule has 0 spiro atoms. The van der Waals surface area contributed by atoms with Crippen molar-refractivity contribution in [1.82, 2.24) is 9.19 Å². The van der Waals surface area contributed by atoms with Gasteiger partial charge in [-0.25, -0.2) is 0 Å². The summed E-state index contributed by atoms with van der Waals surface area (Å²) in [7, 11) is -4.58. The van der Waals surface area contributed by atoms with Crippen LogP contribution in [0.4, 0.5) is 11.4 Å². The molecule has 144 valence electrons. The fourth-order valence-electron chi connectivity index (χ4n) is 3.08. The van der Waals surface area contributed by atoms with E-state index in [-0.39, 0.29) is 20.8 Å². The highest BCUT2D eigenvalue weighted by molar-refractivity contribution is 7.90. The van der Waals surface area contributed by atoms with Crippen LogP contribution in [0.15, 0.2) is 40.2 Å². The lowest BCUT2D eigenvalue weighted by Crippen LogP contribution is -2.32. The molecule has 1 aliphatic carbocycles. The summed E-state index contributed by atoms with van der Waals surface area (Å²) >= 11 is 6.08. The molecule has 0 aliphatic heterocycles. The Bertz CT molecular complexity index is 1030. The fraction of sp³-hybridized carbons (Fsp3) is 0.375. The van der Waals surface area contributed by atoms with E-state index < -0.39 is 31.1 Å². The molecular formula is C16H17ClN4O5S. The highest BCUT2D eigenvalue weighted by Crippen LogP contribution is 2.26. The Labute approximate surface area is 160 Å². The summed E-state index contributed by atoms with van der Waals surface area (Å²) in [6.07, 6.45) is 6.28. The first kappa shape index (κ1) is 19.3. The number of hydrogen-bond acceptors (Lipinski definition) is 7. The number of benzene rings is 1. The Morgan fingerprint density at radius 2 is 1.89 bits per heavy atom. The third-order valence-corrected chi connectivity index (χ3v) is 6.40. The predicted octanol–water partition coefficient (Wildman–Crippen LogP) is 2.79. The minimum atomic E-state index is -4.58. The van der Waals surface area contributed by atoms with Crippen molar-refractivity contribution in [2.24, 2.45) is 0 Å². The molecule has 0 unspecified atom stereocenters. The molecule has 1 N–H and O–H groups in total. The summed E-state index contributed by atoms with van der Waals surface area (Å²) < 4.78 is 25.7. The second-order valence-corrected chi connectivity index (χ2v) is 8.34. The molecule has 3 rings (SSSR count). The Morgan fingerprint density at radius 1 is 1.22 bits per heavy atom. The predicted molar refractivity (Wildman–Crippen MR) is 99.7 cm³/mol. The molecule has 1 aromatic heterocycles. The molecule has 9 nitrogen and oxygen atoms in total. The normalized spacial score (nSPS) is 15.4. The molecular weight excluding hydrogens is 396 g/mol. The molecule has 0 amide bonds. The van der Waals surface area contributed by atoms with Crippen molar-refractivity contribution in [3.05, 3.63) is 56.0 Å². The lowest BCUT2D eigenvalue weighted by atomic mass is 9.95. The number of nitro benzene ring substituents is 1. The van der Waals surface area contributed by atoms with Crippen molar-refractivity contribution in [2.45, 2.75) is 43.0 Å². The van der Waals surface area contributed by atoms with Gasteiger partial charge in [-0.1, -0.05) is 43.0 Å². The van der Waals surface area contributed by atoms with E-state index in [4.69, 9.17) is 11.6 Å². The number of hydrogen-bond donors (Lipinski definition) is 1. The minimum Gasteiger partial charge on any atom is -0.380 e. The summed E-state index contributed by atoms with van der Waals surface area (Å²) in [4.78, 5) is 22.2. The van der Waals surface area contributed by atoms with Crippen LogP contribution < -0.4 is 10.9 Å². The molecule has 1 heterocycles. The molecule has 0 radical (unpaired) electrons. The number of para-hydroxylation sites is 1. The van der Waals surface area contributed by atoms with Crippen LogP contribution in [0.3, 0.4) is 0 Å². The number of nitro groups is 1. The Kier molecular flexibility index (Phi) is 5.47. The first-order chi connectivity index (χ1) is 12.8. The average molecular weight is 413 g/mol. The van der Waals surface area contributed by atoms with Gasteiger partial charge >= 0.3 is 5.56 Å². The molecule has 1 aromatic carbocycles. The van der Waals surface area contributed by atoms with Crippen LogP contribution in [0.25, 0.3) is 0 Å². The molecule has 11 heteroatoms. The summed E-state index contributed by atoms with van der Waals surface area (Å²) in [5.41, 5.74) is -1.45. The van der Waals surface area contributed by atoms with E-state index in [1.807, 2.05) is 0 Å². The second-order valence-electron chi connectivity index (χ2n) is 6.23. The van der Waals surface area contributed by atoms with Gasteiger partial charge in [-0.05, 0) is 18.9 Å². The van der Waals surface area contributed by atoms with Gasteiger partial charge in [-0.2, -0.15) is 13.5 Å². The first-order valence-electron chi connectivity index (χ1n) is 8.35. The van der Waals surface area contributed by atoms with E-state index in [2.05, 4.69) is 10.4 Å². The van der Waals surface area contributed by atoms with Gasteiger partial charge in [0.25, 0.3) is 15.7 Å². The minimum absolute atomic E-state index is 0.139. The summed E-state index contributed by atoms with van der Waals surface area (Å²) in [5, 5.41) is 17.6. The summed E-state index contributed by atoms with van der Waals surface area (Å²) in [5.74, 6) is 0. The zero-order valence-electron chi connectivity index (χ0n) is 14.2. The average Bonchev–Trinajstić information content (AvgIpc) is 2.66. The summed E-state index contributed by atoms with van der Waals surface area (Å²) in [6, 6.07) is 4.88. The first-order valence-corrected chi connectivity index (χ1v) is 10.2. The van der Waals surface area contributed by atoms with Crippen LogP contribution in [-0.4, -0.2) is 28.6 Å². The third kappa shape index (κ3) is 3.81. The van der Waals surface area contributed by atoms with Crippen LogP contribution in [0, 0.1) is 10.1 Å². The maximum absolute atomic E-state index is 12.8. The number of rotatable bonds is 5. The standard InChI is InChI=1S/C16H17ClN4O5S/c17-15-12(19-11-6-2-1-3-7-11)10-18-20(16(15)22)27(25,26)14-9-5-4-8-13(14)21(23)24/h4-5,8-11,19H,1-3,6-7H2. The van der Waals surface area contributed by atoms with E-state index in [9.17, 15) is 23.3 Å². The fourth-order valence-corrected chi connectivity index (χ4v) is 4.63. The quantitative estimate of drug-likeness (QED) is 0.591. The van der Waals surface area contributed by atoms with Crippen molar-refractivity contribution >= 4 is 33.0 Å². The monoisotopic (exact) mass is 412 g/mol. The van der Waals surface area contributed by atoms with Crippen molar-refractivity contribution in [3.8, 4) is 0 Å². The third-order valence-electron chi connectivity index (χ3n) is 4.42. The van der Waals surface area contributed by atoms with Crippen LogP contribution in [-0.2, 0) is 10.0 Å². The Hall–Kier alpha value is -2.46. The molecule has 1 fully saturated rings. The van der Waals surface area contributed by atoms with Crippen molar-refractivity contribution in [3.63, 3.8) is 0 Å². The van der Waals surface area contributed by atoms with E-state index in [0.29, 0.717) is 0 Å². The van der Waals surface area contributed by atoms with Gasteiger partial charge in [0.2, 0.25) is 0 Å². The van der Waals surface area contributed by atoms with Crippen LogP contribution in [0.2, 0.25) is 5.02 Å². The molecule has 1 aliphatic rings. The van der Waals surface area contributed by atoms with Crippen LogP contribution in [0.5, 0.6) is 0 Å². The highest BCUT2D eigenvalue weighted by Gasteiger charge is 2.30. The van der Waals surface area contributed by atoms with Crippen molar-refractivity contribution < 1.29 is 13.3 Å².